The van der Waals surface area contributed by atoms with E-state index in [0.29, 0.717) is 16.5 Å². The minimum absolute atomic E-state index is 0.0170. The summed E-state index contributed by atoms with van der Waals surface area (Å²) in [7, 11) is 0. The number of fused-ring (bicyclic) bond motifs is 1. The summed E-state index contributed by atoms with van der Waals surface area (Å²) in [5.41, 5.74) is -0.0112. The maximum absolute atomic E-state index is 15.5. The van der Waals surface area contributed by atoms with Crippen LogP contribution in [0.3, 0.4) is 0 Å². The summed E-state index contributed by atoms with van der Waals surface area (Å²) in [6, 6.07) is 6.51. The first-order valence-electron chi connectivity index (χ1n) is 8.13. The van der Waals surface area contributed by atoms with E-state index in [1.165, 1.54) is 12.3 Å². The normalized spacial score (nSPS) is 22.5. The summed E-state index contributed by atoms with van der Waals surface area (Å²) in [5, 5.41) is 11.0. The number of aromatic nitrogens is 1. The molecule has 0 aliphatic heterocycles. The van der Waals surface area contributed by atoms with Gasteiger partial charge in [0.1, 0.15) is 0 Å². The third-order valence-electron chi connectivity index (χ3n) is 4.77. The fourth-order valence-corrected chi connectivity index (χ4v) is 4.09. The second kappa shape index (κ2) is 7.02. The molecule has 1 heterocycles. The van der Waals surface area contributed by atoms with Crippen LogP contribution in [0.15, 0.2) is 30.5 Å². The van der Waals surface area contributed by atoms with Gasteiger partial charge in [-0.3, -0.25) is 9.78 Å². The van der Waals surface area contributed by atoms with E-state index in [2.05, 4.69) is 4.98 Å². The number of carbonyl (C=O) groups is 1. The highest BCUT2D eigenvalue weighted by Gasteiger charge is 2.45. The molecule has 2 atom stereocenters. The van der Waals surface area contributed by atoms with Crippen molar-refractivity contribution in [3.8, 4) is 0 Å². The fourth-order valence-electron chi connectivity index (χ4n) is 3.40. The molecule has 1 aliphatic carbocycles. The maximum Gasteiger partial charge on any atom is 0.195 e. The van der Waals surface area contributed by atoms with Gasteiger partial charge in [0, 0.05) is 28.2 Å². The minimum atomic E-state index is -2.12. The quantitative estimate of drug-likeness (QED) is 0.819. The van der Waals surface area contributed by atoms with Crippen molar-refractivity contribution >= 4 is 29.0 Å². The van der Waals surface area contributed by atoms with Crippen LogP contribution in [0.4, 0.5) is 4.39 Å². The number of ketones is 1. The molecule has 0 amide bonds. The summed E-state index contributed by atoms with van der Waals surface area (Å²) in [6.45, 7) is 1.86. The van der Waals surface area contributed by atoms with Gasteiger partial charge in [0.2, 0.25) is 0 Å². The highest BCUT2D eigenvalue weighted by molar-refractivity contribution is 6.35. The molecule has 1 aliphatic rings. The topological polar surface area (TPSA) is 50.2 Å². The molecule has 0 saturated heterocycles. The van der Waals surface area contributed by atoms with Gasteiger partial charge in [-0.1, -0.05) is 29.3 Å². The van der Waals surface area contributed by atoms with E-state index in [1.807, 2.05) is 6.92 Å². The number of rotatable bonds is 4. The molecule has 0 radical (unpaired) electrons. The molecule has 0 saturated carbocycles. The number of benzene rings is 1. The molecule has 1 aromatic carbocycles. The van der Waals surface area contributed by atoms with Gasteiger partial charge in [-0.2, -0.15) is 0 Å². The van der Waals surface area contributed by atoms with Crippen LogP contribution in [0.25, 0.3) is 0 Å². The molecule has 132 valence electrons. The zero-order chi connectivity index (χ0) is 18.2. The minimum Gasteiger partial charge on any atom is -0.387 e. The lowest BCUT2D eigenvalue weighted by Crippen LogP contribution is -2.37. The van der Waals surface area contributed by atoms with Crippen molar-refractivity contribution in [1.82, 2.24) is 4.98 Å². The van der Waals surface area contributed by atoms with Crippen molar-refractivity contribution in [2.75, 3.05) is 0 Å². The molecule has 0 spiro atoms. The Balaban J connectivity index is 1.84. The molecule has 2 unspecified atom stereocenters. The van der Waals surface area contributed by atoms with E-state index in [9.17, 15) is 9.90 Å². The van der Waals surface area contributed by atoms with Gasteiger partial charge >= 0.3 is 0 Å². The number of alkyl halides is 1. The first-order valence-corrected chi connectivity index (χ1v) is 8.88. The summed E-state index contributed by atoms with van der Waals surface area (Å²) in [5.74, 6) is -0.515. The Hall–Kier alpha value is -1.49. The SMILES string of the molecule is Cc1cc(Cl)cc(Cl)c1CCC(=O)C1(F)CCC(O)c2ncccc21. The predicted octanol–water partition coefficient (Wildman–Crippen LogP) is 4.89. The van der Waals surface area contributed by atoms with E-state index in [1.54, 1.807) is 18.2 Å². The Labute approximate surface area is 155 Å². The Morgan fingerprint density at radius 3 is 2.92 bits per heavy atom. The number of pyridine rings is 1. The number of nitrogens with zero attached hydrogens (tertiary/aromatic N) is 1. The second-order valence-electron chi connectivity index (χ2n) is 6.40. The molecule has 3 rings (SSSR count). The van der Waals surface area contributed by atoms with Crippen LogP contribution in [-0.2, 0) is 16.9 Å². The molecule has 6 heteroatoms. The van der Waals surface area contributed by atoms with Gasteiger partial charge in [0.05, 0.1) is 11.8 Å². The third-order valence-corrected chi connectivity index (χ3v) is 5.33. The van der Waals surface area contributed by atoms with Crippen LogP contribution in [-0.4, -0.2) is 15.9 Å². The van der Waals surface area contributed by atoms with Crippen molar-refractivity contribution in [2.24, 2.45) is 0 Å². The van der Waals surface area contributed by atoms with E-state index in [0.717, 1.165) is 11.1 Å². The number of aliphatic hydroxyl groups is 1. The highest BCUT2D eigenvalue weighted by atomic mass is 35.5. The largest absolute Gasteiger partial charge is 0.387 e. The Bertz CT molecular complexity index is 804. The van der Waals surface area contributed by atoms with Crippen molar-refractivity contribution < 1.29 is 14.3 Å². The summed E-state index contributed by atoms with van der Waals surface area (Å²) in [6.07, 6.45) is 1.15. The van der Waals surface area contributed by atoms with Gasteiger partial charge in [0.15, 0.2) is 11.5 Å². The van der Waals surface area contributed by atoms with E-state index < -0.39 is 17.6 Å². The van der Waals surface area contributed by atoms with Crippen LogP contribution in [0, 0.1) is 6.92 Å². The summed E-state index contributed by atoms with van der Waals surface area (Å²) >= 11 is 12.2. The first-order chi connectivity index (χ1) is 11.8. The molecule has 1 aromatic heterocycles. The average Bonchev–Trinajstić information content (AvgIpc) is 2.57. The highest BCUT2D eigenvalue weighted by Crippen LogP contribution is 2.43. The molecule has 1 N–H and O–H groups in total. The number of aliphatic hydroxyl groups excluding tert-OH is 1. The standard InChI is InChI=1S/C19H18Cl2FNO2/c1-11-9-12(20)10-15(21)13(11)4-5-17(25)19(22)7-6-16(24)18-14(19)3-2-8-23-18/h2-3,8-10,16,24H,4-7H2,1H3. The third kappa shape index (κ3) is 3.43. The molecular weight excluding hydrogens is 364 g/mol. The van der Waals surface area contributed by atoms with Crippen molar-refractivity contribution in [3.63, 3.8) is 0 Å². The van der Waals surface area contributed by atoms with E-state index in [4.69, 9.17) is 23.2 Å². The van der Waals surface area contributed by atoms with Crippen molar-refractivity contribution in [2.45, 2.75) is 44.4 Å². The Morgan fingerprint density at radius 2 is 2.20 bits per heavy atom. The number of aryl methyl sites for hydroxylation is 1. The van der Waals surface area contributed by atoms with Gasteiger partial charge in [0.25, 0.3) is 0 Å². The molecule has 0 bridgehead atoms. The zero-order valence-electron chi connectivity index (χ0n) is 13.7. The summed E-state index contributed by atoms with van der Waals surface area (Å²) < 4.78 is 15.5. The first kappa shape index (κ1) is 18.3. The maximum atomic E-state index is 15.5. The lowest BCUT2D eigenvalue weighted by atomic mass is 9.77. The smallest absolute Gasteiger partial charge is 0.195 e. The number of halogens is 3. The number of carbonyl (C=O) groups excluding carboxylic acids is 1. The van der Waals surface area contributed by atoms with Crippen LogP contribution >= 0.6 is 23.2 Å². The van der Waals surface area contributed by atoms with Crippen molar-refractivity contribution in [1.29, 1.82) is 0 Å². The Kier molecular flexibility index (Phi) is 5.14. The predicted molar refractivity (Wildman–Crippen MR) is 95.7 cm³/mol. The molecule has 2 aromatic rings. The van der Waals surface area contributed by atoms with Crippen LogP contribution in [0.2, 0.25) is 10.0 Å². The summed E-state index contributed by atoms with van der Waals surface area (Å²) in [4.78, 5) is 16.8. The molecular formula is C19H18Cl2FNO2. The molecule has 3 nitrogen and oxygen atoms in total. The van der Waals surface area contributed by atoms with E-state index >= 15 is 4.39 Å². The van der Waals surface area contributed by atoms with Crippen LogP contribution in [0.1, 0.15) is 47.8 Å². The van der Waals surface area contributed by atoms with Crippen molar-refractivity contribution in [3.05, 3.63) is 62.9 Å². The fraction of sp³-hybridized carbons (Fsp3) is 0.368. The van der Waals surface area contributed by atoms with Crippen LogP contribution < -0.4 is 0 Å². The van der Waals surface area contributed by atoms with Gasteiger partial charge in [-0.05, 0) is 55.5 Å². The average molecular weight is 382 g/mol. The molecule has 0 fully saturated rings. The lowest BCUT2D eigenvalue weighted by molar-refractivity contribution is -0.133. The Morgan fingerprint density at radius 1 is 1.44 bits per heavy atom. The number of hydrogen-bond donors (Lipinski definition) is 1. The van der Waals surface area contributed by atoms with Crippen LogP contribution in [0.5, 0.6) is 0 Å². The van der Waals surface area contributed by atoms with Gasteiger partial charge in [-0.25, -0.2) is 4.39 Å². The second-order valence-corrected chi connectivity index (χ2v) is 7.24. The molecule has 25 heavy (non-hydrogen) atoms. The zero-order valence-corrected chi connectivity index (χ0v) is 15.2. The van der Waals surface area contributed by atoms with Gasteiger partial charge < -0.3 is 5.11 Å². The number of Topliss-reactive ketones (excluding diaryl/α,β-unsaturated/α-hetero) is 1. The lowest BCUT2D eigenvalue weighted by Gasteiger charge is -2.32. The van der Waals surface area contributed by atoms with E-state index in [-0.39, 0.29) is 30.5 Å². The number of hydrogen-bond acceptors (Lipinski definition) is 3. The monoisotopic (exact) mass is 381 g/mol. The van der Waals surface area contributed by atoms with Gasteiger partial charge in [-0.15, -0.1) is 0 Å².